The molecule has 0 aliphatic heterocycles. The Morgan fingerprint density at radius 3 is 2.25 bits per heavy atom. The van der Waals surface area contributed by atoms with Crippen LogP contribution in [0.2, 0.25) is 0 Å². The number of nitrogens with two attached hydrogens (primary N) is 1. The molecular formula is C18H10F3N5O2. The maximum atomic E-state index is 14.3. The lowest BCUT2D eigenvalue weighted by molar-refractivity contribution is 0.0997. The maximum Gasteiger partial charge on any atom is 0.332 e. The molecular weight excluding hydrogens is 375 g/mol. The summed E-state index contributed by atoms with van der Waals surface area (Å²) in [5, 5.41) is 0. The molecule has 1 amide bonds. The van der Waals surface area contributed by atoms with E-state index in [0.717, 1.165) is 24.3 Å². The van der Waals surface area contributed by atoms with Crippen LogP contribution in [-0.4, -0.2) is 25.4 Å². The van der Waals surface area contributed by atoms with Crippen molar-refractivity contribution in [2.75, 3.05) is 0 Å². The number of nitrogens with zero attached hydrogens (tertiary/aromatic N) is 3. The van der Waals surface area contributed by atoms with E-state index in [2.05, 4.69) is 15.0 Å². The minimum atomic E-state index is -1.03. The van der Waals surface area contributed by atoms with Crippen molar-refractivity contribution in [2.45, 2.75) is 0 Å². The number of hydrogen-bond donors (Lipinski definition) is 2. The third-order valence-corrected chi connectivity index (χ3v) is 4.05. The lowest BCUT2D eigenvalue weighted by Crippen LogP contribution is -2.18. The van der Waals surface area contributed by atoms with Crippen LogP contribution >= 0.6 is 0 Å². The van der Waals surface area contributed by atoms with Gasteiger partial charge >= 0.3 is 5.69 Å². The largest absolute Gasteiger partial charge is 0.364 e. The van der Waals surface area contributed by atoms with Crippen molar-refractivity contribution in [2.24, 2.45) is 5.73 Å². The van der Waals surface area contributed by atoms with Gasteiger partial charge in [0.2, 0.25) is 0 Å². The third kappa shape index (κ3) is 2.62. The Hall–Kier alpha value is -3.95. The fraction of sp³-hybridized carbons (Fsp3) is 0. The molecule has 0 aliphatic carbocycles. The molecule has 2 aromatic heterocycles. The number of primary amides is 1. The quantitative estimate of drug-likeness (QED) is 0.564. The van der Waals surface area contributed by atoms with Crippen molar-refractivity contribution in [1.82, 2.24) is 19.5 Å². The van der Waals surface area contributed by atoms with Crippen molar-refractivity contribution in [3.63, 3.8) is 0 Å². The molecule has 140 valence electrons. The highest BCUT2D eigenvalue weighted by molar-refractivity contribution is 6.02. The number of amides is 1. The summed E-state index contributed by atoms with van der Waals surface area (Å²) in [5.41, 5.74) is 2.60. The van der Waals surface area contributed by atoms with Crippen molar-refractivity contribution in [3.8, 4) is 17.1 Å². The zero-order chi connectivity index (χ0) is 20.0. The van der Waals surface area contributed by atoms with Gasteiger partial charge in [-0.15, -0.1) is 0 Å². The molecule has 0 atom stereocenters. The average Bonchev–Trinajstić information content (AvgIpc) is 2.97. The minimum Gasteiger partial charge on any atom is -0.364 e. The number of carbonyl (C=O) groups is 1. The first-order valence-electron chi connectivity index (χ1n) is 7.90. The first-order valence-corrected chi connectivity index (χ1v) is 7.90. The van der Waals surface area contributed by atoms with Gasteiger partial charge < -0.3 is 10.7 Å². The molecule has 0 radical (unpaired) electrons. The standard InChI is InChI=1S/C18H10F3N5O2/c19-9-5-2-1-4-8(9)16-23-12(15(22)27)13-17(25-16)26(18(28)24-13)14-10(20)6-3-7-11(14)21/h1-7H,(H2,22,27)(H,24,28). The van der Waals surface area contributed by atoms with Crippen LogP contribution in [0.4, 0.5) is 13.2 Å². The van der Waals surface area contributed by atoms with E-state index in [-0.39, 0.29) is 22.6 Å². The highest BCUT2D eigenvalue weighted by atomic mass is 19.1. The van der Waals surface area contributed by atoms with E-state index in [1.54, 1.807) is 0 Å². The lowest BCUT2D eigenvalue weighted by atomic mass is 10.2. The number of rotatable bonds is 3. The van der Waals surface area contributed by atoms with Crippen molar-refractivity contribution >= 4 is 17.1 Å². The normalized spacial score (nSPS) is 11.1. The van der Waals surface area contributed by atoms with Crippen molar-refractivity contribution in [3.05, 3.63) is 76.1 Å². The summed E-state index contributed by atoms with van der Waals surface area (Å²) >= 11 is 0. The van der Waals surface area contributed by atoms with Crippen molar-refractivity contribution < 1.29 is 18.0 Å². The van der Waals surface area contributed by atoms with Crippen LogP contribution in [-0.2, 0) is 0 Å². The van der Waals surface area contributed by atoms with Crippen molar-refractivity contribution in [1.29, 1.82) is 0 Å². The Labute approximate surface area is 154 Å². The van der Waals surface area contributed by atoms with Crippen LogP contribution in [0.25, 0.3) is 28.2 Å². The molecule has 28 heavy (non-hydrogen) atoms. The van der Waals surface area contributed by atoms with Gasteiger partial charge in [0.15, 0.2) is 17.2 Å². The number of carbonyl (C=O) groups excluding carboxylic acids is 1. The van der Waals surface area contributed by atoms with Gasteiger partial charge in [-0.05, 0) is 24.3 Å². The van der Waals surface area contributed by atoms with Crippen LogP contribution in [0.15, 0.2) is 47.3 Å². The fourth-order valence-corrected chi connectivity index (χ4v) is 2.84. The number of benzene rings is 2. The van der Waals surface area contributed by atoms with E-state index in [1.807, 2.05) is 0 Å². The van der Waals surface area contributed by atoms with E-state index in [1.165, 1.54) is 18.2 Å². The first kappa shape index (κ1) is 17.5. The van der Waals surface area contributed by atoms with E-state index < -0.39 is 40.4 Å². The summed E-state index contributed by atoms with van der Waals surface area (Å²) in [5.74, 6) is -4.07. The van der Waals surface area contributed by atoms with Gasteiger partial charge in [0.05, 0.1) is 5.56 Å². The number of imidazole rings is 1. The van der Waals surface area contributed by atoms with Crippen LogP contribution in [0, 0.1) is 17.5 Å². The van der Waals surface area contributed by atoms with Crippen LogP contribution in [0.5, 0.6) is 0 Å². The molecule has 3 N–H and O–H groups in total. The van der Waals surface area contributed by atoms with Crippen LogP contribution in [0.1, 0.15) is 10.5 Å². The molecule has 2 heterocycles. The Kier molecular flexibility index (Phi) is 3.95. The zero-order valence-electron chi connectivity index (χ0n) is 13.9. The van der Waals surface area contributed by atoms with Crippen LogP contribution < -0.4 is 11.4 Å². The molecule has 4 rings (SSSR count). The van der Waals surface area contributed by atoms with Gasteiger partial charge in [-0.25, -0.2) is 32.5 Å². The molecule has 0 bridgehead atoms. The second-order valence-electron chi connectivity index (χ2n) is 5.77. The molecule has 0 unspecified atom stereocenters. The predicted molar refractivity (Wildman–Crippen MR) is 93.3 cm³/mol. The number of fused-ring (bicyclic) bond motifs is 1. The molecule has 7 nitrogen and oxygen atoms in total. The van der Waals surface area contributed by atoms with E-state index in [0.29, 0.717) is 4.57 Å². The van der Waals surface area contributed by atoms with E-state index >= 15 is 0 Å². The van der Waals surface area contributed by atoms with Gasteiger partial charge in [-0.3, -0.25) is 4.79 Å². The lowest BCUT2D eigenvalue weighted by Gasteiger charge is -2.08. The zero-order valence-corrected chi connectivity index (χ0v) is 13.9. The predicted octanol–water partition coefficient (Wildman–Crippen LogP) is 2.29. The fourth-order valence-electron chi connectivity index (χ4n) is 2.84. The number of hydrogen-bond acceptors (Lipinski definition) is 4. The molecule has 10 heteroatoms. The summed E-state index contributed by atoms with van der Waals surface area (Å²) in [6.45, 7) is 0. The average molecular weight is 385 g/mol. The van der Waals surface area contributed by atoms with E-state index in [9.17, 15) is 22.8 Å². The SMILES string of the molecule is NC(=O)c1nc(-c2ccccc2F)nc2c1[nH]c(=O)n2-c1c(F)cccc1F. The van der Waals surface area contributed by atoms with Gasteiger partial charge in [0.1, 0.15) is 28.7 Å². The highest BCUT2D eigenvalue weighted by Crippen LogP contribution is 2.25. The Morgan fingerprint density at radius 1 is 0.964 bits per heavy atom. The van der Waals surface area contributed by atoms with Gasteiger partial charge in [-0.2, -0.15) is 0 Å². The molecule has 0 spiro atoms. The van der Waals surface area contributed by atoms with Crippen LogP contribution in [0.3, 0.4) is 0 Å². The first-order chi connectivity index (χ1) is 13.4. The smallest absolute Gasteiger partial charge is 0.332 e. The molecule has 0 aliphatic rings. The number of H-pyrrole nitrogens is 1. The number of halogens is 3. The summed E-state index contributed by atoms with van der Waals surface area (Å²) < 4.78 is 43.3. The van der Waals surface area contributed by atoms with Gasteiger partial charge in [0.25, 0.3) is 5.91 Å². The number of aromatic amines is 1. The molecule has 0 saturated heterocycles. The third-order valence-electron chi connectivity index (χ3n) is 4.05. The number of aromatic nitrogens is 4. The minimum absolute atomic E-state index is 0.0823. The number of nitrogens with one attached hydrogen (secondary N) is 1. The molecule has 0 saturated carbocycles. The topological polar surface area (TPSA) is 107 Å². The van der Waals surface area contributed by atoms with E-state index in [4.69, 9.17) is 5.73 Å². The van der Waals surface area contributed by atoms with Gasteiger partial charge in [-0.1, -0.05) is 18.2 Å². The molecule has 2 aromatic carbocycles. The number of para-hydroxylation sites is 1. The summed E-state index contributed by atoms with van der Waals surface area (Å²) in [7, 11) is 0. The second kappa shape index (κ2) is 6.34. The Bertz CT molecular complexity index is 1290. The second-order valence-corrected chi connectivity index (χ2v) is 5.77. The summed E-state index contributed by atoms with van der Waals surface area (Å²) in [4.78, 5) is 34.5. The maximum absolute atomic E-state index is 14.3. The summed E-state index contributed by atoms with van der Waals surface area (Å²) in [6.07, 6.45) is 0. The van der Waals surface area contributed by atoms with Gasteiger partial charge in [0, 0.05) is 0 Å². The highest BCUT2D eigenvalue weighted by Gasteiger charge is 2.23. The molecule has 4 aromatic rings. The Morgan fingerprint density at radius 2 is 1.61 bits per heavy atom. The Balaban J connectivity index is 2.14. The monoisotopic (exact) mass is 385 g/mol. The molecule has 0 fully saturated rings. The summed E-state index contributed by atoms with van der Waals surface area (Å²) in [6, 6.07) is 8.48.